The summed E-state index contributed by atoms with van der Waals surface area (Å²) in [5, 5.41) is 9.52. The van der Waals surface area contributed by atoms with Crippen molar-refractivity contribution >= 4 is 0 Å². The molecule has 2 unspecified atom stereocenters. The predicted octanol–water partition coefficient (Wildman–Crippen LogP) is 2.49. The summed E-state index contributed by atoms with van der Waals surface area (Å²) < 4.78 is 11.9. The molecule has 0 aromatic carbocycles. The van der Waals surface area contributed by atoms with Crippen molar-refractivity contribution in [3.05, 3.63) is 12.2 Å². The molecule has 1 aliphatic rings. The second-order valence-electron chi connectivity index (χ2n) is 6.00. The van der Waals surface area contributed by atoms with Gasteiger partial charge in [-0.25, -0.2) is 0 Å². The van der Waals surface area contributed by atoms with Crippen LogP contribution >= 0.6 is 0 Å². The highest BCUT2D eigenvalue weighted by atomic mass is 16.7. The van der Waals surface area contributed by atoms with E-state index in [2.05, 4.69) is 6.58 Å². The summed E-state index contributed by atoms with van der Waals surface area (Å²) in [7, 11) is 0. The molecule has 0 aliphatic carbocycles. The largest absolute Gasteiger partial charge is 0.396 e. The van der Waals surface area contributed by atoms with Gasteiger partial charge in [-0.2, -0.15) is 0 Å². The highest BCUT2D eigenvalue weighted by Gasteiger charge is 2.60. The second kappa shape index (κ2) is 3.83. The monoisotopic (exact) mass is 228 g/mol. The number of aliphatic hydroxyl groups is 1. The minimum atomic E-state index is -0.543. The first-order chi connectivity index (χ1) is 7.07. The van der Waals surface area contributed by atoms with E-state index in [1.54, 1.807) is 0 Å². The van der Waals surface area contributed by atoms with Crippen LogP contribution in [-0.2, 0) is 9.47 Å². The Bertz CT molecular complexity index is 294. The van der Waals surface area contributed by atoms with Crippen molar-refractivity contribution in [2.75, 3.05) is 6.61 Å². The molecular weight excluding hydrogens is 204 g/mol. The average molecular weight is 228 g/mol. The first kappa shape index (κ1) is 13.7. The summed E-state index contributed by atoms with van der Waals surface area (Å²) in [6.45, 7) is 15.8. The molecule has 1 aliphatic heterocycles. The van der Waals surface area contributed by atoms with Gasteiger partial charge in [0.25, 0.3) is 0 Å². The lowest BCUT2D eigenvalue weighted by Gasteiger charge is -2.46. The van der Waals surface area contributed by atoms with E-state index in [-0.39, 0.29) is 18.3 Å². The Morgan fingerprint density at radius 1 is 1.31 bits per heavy atom. The summed E-state index contributed by atoms with van der Waals surface area (Å²) in [4.78, 5) is 0. The molecule has 0 radical (unpaired) electrons. The maximum absolute atomic E-state index is 9.52. The van der Waals surface area contributed by atoms with Crippen LogP contribution in [0, 0.1) is 5.41 Å². The minimum absolute atomic E-state index is 0.0548. The fraction of sp³-hybridized carbons (Fsp3) is 0.846. The van der Waals surface area contributed by atoms with E-state index in [0.29, 0.717) is 0 Å². The molecule has 0 aromatic heterocycles. The fourth-order valence-corrected chi connectivity index (χ4v) is 2.09. The van der Waals surface area contributed by atoms with Crippen molar-refractivity contribution in [1.82, 2.24) is 0 Å². The summed E-state index contributed by atoms with van der Waals surface area (Å²) in [5.41, 5.74) is -0.521. The Hall–Kier alpha value is -0.380. The molecule has 2 atom stereocenters. The molecule has 3 heteroatoms. The molecule has 0 spiro atoms. The standard InChI is InChI=1S/C13H24O3/c1-9(2)10-15-12(5,6)13(7,16-10)11(3,4)8-14/h10,14H,1,8H2,2-7H3. The molecule has 1 rings (SSSR count). The van der Waals surface area contributed by atoms with Gasteiger partial charge >= 0.3 is 0 Å². The highest BCUT2D eigenvalue weighted by molar-refractivity contribution is 5.10. The van der Waals surface area contributed by atoms with Crippen LogP contribution in [0.4, 0.5) is 0 Å². The van der Waals surface area contributed by atoms with Gasteiger partial charge in [-0.05, 0) is 33.3 Å². The second-order valence-corrected chi connectivity index (χ2v) is 6.00. The van der Waals surface area contributed by atoms with E-state index in [1.807, 2.05) is 41.5 Å². The van der Waals surface area contributed by atoms with Gasteiger partial charge in [0.15, 0.2) is 6.29 Å². The first-order valence-corrected chi connectivity index (χ1v) is 5.69. The number of ether oxygens (including phenoxy) is 2. The van der Waals surface area contributed by atoms with Crippen molar-refractivity contribution in [2.24, 2.45) is 5.41 Å². The number of rotatable bonds is 3. The third-order valence-corrected chi connectivity index (χ3v) is 3.98. The molecule has 16 heavy (non-hydrogen) atoms. The predicted molar refractivity (Wildman–Crippen MR) is 64.1 cm³/mol. The molecule has 3 nitrogen and oxygen atoms in total. The van der Waals surface area contributed by atoms with Crippen LogP contribution < -0.4 is 0 Å². The van der Waals surface area contributed by atoms with Crippen LogP contribution in [0.2, 0.25) is 0 Å². The smallest absolute Gasteiger partial charge is 0.180 e. The molecular formula is C13H24O3. The quantitative estimate of drug-likeness (QED) is 0.754. The maximum Gasteiger partial charge on any atom is 0.180 e. The van der Waals surface area contributed by atoms with Crippen LogP contribution in [0.5, 0.6) is 0 Å². The normalized spacial score (nSPS) is 34.1. The van der Waals surface area contributed by atoms with Crippen molar-refractivity contribution in [3.8, 4) is 0 Å². The Balaban J connectivity index is 3.09. The van der Waals surface area contributed by atoms with Gasteiger partial charge in [-0.15, -0.1) is 0 Å². The van der Waals surface area contributed by atoms with Crippen molar-refractivity contribution in [2.45, 2.75) is 59.0 Å². The summed E-state index contributed by atoms with van der Waals surface area (Å²) in [6.07, 6.45) is -0.383. The van der Waals surface area contributed by atoms with E-state index in [1.165, 1.54) is 0 Å². The zero-order valence-corrected chi connectivity index (χ0v) is 11.3. The van der Waals surface area contributed by atoms with Crippen LogP contribution in [-0.4, -0.2) is 29.2 Å². The lowest BCUT2D eigenvalue weighted by molar-refractivity contribution is -0.130. The average Bonchev–Trinajstić information content (AvgIpc) is 2.39. The van der Waals surface area contributed by atoms with Gasteiger partial charge in [-0.3, -0.25) is 0 Å². The minimum Gasteiger partial charge on any atom is -0.396 e. The lowest BCUT2D eigenvalue weighted by atomic mass is 9.68. The summed E-state index contributed by atoms with van der Waals surface area (Å²) in [6, 6.07) is 0. The Morgan fingerprint density at radius 2 is 1.81 bits per heavy atom. The van der Waals surface area contributed by atoms with Gasteiger partial charge < -0.3 is 14.6 Å². The molecule has 94 valence electrons. The van der Waals surface area contributed by atoms with Crippen LogP contribution in [0.25, 0.3) is 0 Å². The summed E-state index contributed by atoms with van der Waals surface area (Å²) >= 11 is 0. The van der Waals surface area contributed by atoms with Crippen LogP contribution in [0.15, 0.2) is 12.2 Å². The third-order valence-electron chi connectivity index (χ3n) is 3.98. The zero-order chi connectivity index (χ0) is 12.8. The molecule has 0 aromatic rings. The van der Waals surface area contributed by atoms with Gasteiger partial charge in [0.05, 0.1) is 12.2 Å². The Morgan fingerprint density at radius 3 is 2.12 bits per heavy atom. The number of aliphatic hydroxyl groups excluding tert-OH is 1. The van der Waals surface area contributed by atoms with E-state index in [4.69, 9.17) is 9.47 Å². The highest BCUT2D eigenvalue weighted by Crippen LogP contribution is 2.50. The van der Waals surface area contributed by atoms with E-state index < -0.39 is 11.2 Å². The third kappa shape index (κ3) is 1.81. The van der Waals surface area contributed by atoms with Gasteiger partial charge in [-0.1, -0.05) is 20.4 Å². The molecule has 0 amide bonds. The van der Waals surface area contributed by atoms with E-state index in [0.717, 1.165) is 5.57 Å². The molecule has 0 saturated carbocycles. The van der Waals surface area contributed by atoms with Gasteiger partial charge in [0.2, 0.25) is 0 Å². The number of hydrogen-bond acceptors (Lipinski definition) is 3. The summed E-state index contributed by atoms with van der Waals surface area (Å²) in [5.74, 6) is 0. The Kier molecular flexibility index (Phi) is 3.27. The van der Waals surface area contributed by atoms with E-state index >= 15 is 0 Å². The molecule has 1 saturated heterocycles. The Labute approximate surface area is 98.4 Å². The fourth-order valence-electron chi connectivity index (χ4n) is 2.09. The molecule has 1 fully saturated rings. The first-order valence-electron chi connectivity index (χ1n) is 5.69. The maximum atomic E-state index is 9.52. The molecule has 0 bridgehead atoms. The topological polar surface area (TPSA) is 38.7 Å². The van der Waals surface area contributed by atoms with Crippen molar-refractivity contribution < 1.29 is 14.6 Å². The van der Waals surface area contributed by atoms with Crippen LogP contribution in [0.1, 0.15) is 41.5 Å². The van der Waals surface area contributed by atoms with Gasteiger partial charge in [0.1, 0.15) is 5.60 Å². The van der Waals surface area contributed by atoms with Gasteiger partial charge in [0, 0.05) is 5.41 Å². The SMILES string of the molecule is C=C(C)C1OC(C)(C)C(C)(C(C)(C)CO)O1. The van der Waals surface area contributed by atoms with Crippen LogP contribution in [0.3, 0.4) is 0 Å². The molecule has 1 N–H and O–H groups in total. The number of hydrogen-bond donors (Lipinski definition) is 1. The van der Waals surface area contributed by atoms with Crippen molar-refractivity contribution in [3.63, 3.8) is 0 Å². The zero-order valence-electron chi connectivity index (χ0n) is 11.3. The lowest BCUT2D eigenvalue weighted by Crippen LogP contribution is -2.56. The van der Waals surface area contributed by atoms with Crippen molar-refractivity contribution in [1.29, 1.82) is 0 Å². The van der Waals surface area contributed by atoms with E-state index in [9.17, 15) is 5.11 Å². The molecule has 1 heterocycles.